The van der Waals surface area contributed by atoms with E-state index in [-0.39, 0.29) is 46.5 Å². The number of hydrogen-bond donors (Lipinski definition) is 0. The van der Waals surface area contributed by atoms with Crippen molar-refractivity contribution in [1.82, 2.24) is 4.90 Å². The first kappa shape index (κ1) is 14.7. The Labute approximate surface area is 137 Å². The zero-order valence-electron chi connectivity index (χ0n) is 10.5. The minimum atomic E-state index is -1.26. The first-order chi connectivity index (χ1) is 8.66. The van der Waals surface area contributed by atoms with Crippen LogP contribution in [0.15, 0.2) is 40.9 Å². The molecule has 1 aromatic rings. The smallest absolute Gasteiger partial charge is 0.543 e. The average molecular weight is 283 g/mol. The van der Waals surface area contributed by atoms with Crippen LogP contribution in [0.5, 0.6) is 0 Å². The number of allylic oxidation sites excluding steroid dienone is 1. The minimum absolute atomic E-state index is 0. The van der Waals surface area contributed by atoms with Crippen molar-refractivity contribution < 1.29 is 44.3 Å². The van der Waals surface area contributed by atoms with Crippen LogP contribution in [0, 0.1) is 0 Å². The van der Waals surface area contributed by atoms with E-state index in [4.69, 9.17) is 0 Å². The number of benzene rings is 1. The maximum Gasteiger partial charge on any atom is 1.00 e. The van der Waals surface area contributed by atoms with Gasteiger partial charge in [-0.1, -0.05) is 30.3 Å². The number of hydrogen-bond acceptors (Lipinski definition) is 4. The fraction of sp³-hybridized carbons (Fsp3) is 0.231. The van der Waals surface area contributed by atoms with E-state index in [1.165, 1.54) is 16.7 Å². The molecule has 1 aromatic carbocycles. The Morgan fingerprint density at radius 1 is 1.37 bits per heavy atom. The number of amides is 1. The van der Waals surface area contributed by atoms with Gasteiger partial charge in [-0.05, 0) is 5.56 Å². The van der Waals surface area contributed by atoms with E-state index >= 15 is 0 Å². The van der Waals surface area contributed by atoms with Gasteiger partial charge in [0, 0.05) is 11.3 Å². The van der Waals surface area contributed by atoms with E-state index in [0.717, 1.165) is 10.5 Å². The first-order valence-corrected chi connectivity index (χ1v) is 6.52. The molecule has 1 saturated heterocycles. The molecular weight excluding hydrogens is 273 g/mol. The van der Waals surface area contributed by atoms with Gasteiger partial charge in [-0.2, -0.15) is 0 Å². The number of carboxylic acid groups (broad SMARTS) is 1. The van der Waals surface area contributed by atoms with Crippen LogP contribution in [-0.4, -0.2) is 22.2 Å². The molecule has 6 heteroatoms. The third-order valence-corrected chi connectivity index (χ3v) is 4.36. The Kier molecular flexibility index (Phi) is 4.40. The van der Waals surface area contributed by atoms with E-state index in [2.05, 4.69) is 0 Å². The van der Waals surface area contributed by atoms with Gasteiger partial charge in [-0.3, -0.25) is 9.69 Å². The van der Waals surface area contributed by atoms with Crippen LogP contribution in [-0.2, 0) is 16.0 Å². The van der Waals surface area contributed by atoms with Crippen LogP contribution in [0.2, 0.25) is 0 Å². The van der Waals surface area contributed by atoms with E-state index in [1.807, 2.05) is 30.3 Å². The maximum atomic E-state index is 11.4. The number of β-lactam (4-membered cyclic amide) rings is 1. The summed E-state index contributed by atoms with van der Waals surface area (Å²) in [6.07, 6.45) is 0.953. The molecule has 1 atom stereocenters. The van der Waals surface area contributed by atoms with Gasteiger partial charge >= 0.3 is 29.6 Å². The molecule has 92 valence electrons. The van der Waals surface area contributed by atoms with E-state index in [0.29, 0.717) is 12.8 Å². The van der Waals surface area contributed by atoms with Crippen LogP contribution in [0.25, 0.3) is 0 Å². The number of aliphatic carboxylic acids is 1. The summed E-state index contributed by atoms with van der Waals surface area (Å²) in [7, 11) is 0. The summed E-state index contributed by atoms with van der Waals surface area (Å²) in [6.45, 7) is 0. The van der Waals surface area contributed by atoms with Crippen molar-refractivity contribution in [3.8, 4) is 0 Å². The van der Waals surface area contributed by atoms with Crippen molar-refractivity contribution >= 4 is 23.6 Å². The fourth-order valence-corrected chi connectivity index (χ4v) is 3.65. The van der Waals surface area contributed by atoms with Gasteiger partial charge in [-0.25, -0.2) is 0 Å². The van der Waals surface area contributed by atoms with Gasteiger partial charge in [0.15, 0.2) is 0 Å². The second kappa shape index (κ2) is 5.71. The van der Waals surface area contributed by atoms with Crippen LogP contribution in [0.3, 0.4) is 0 Å². The van der Waals surface area contributed by atoms with Crippen molar-refractivity contribution in [3.05, 3.63) is 46.5 Å². The average Bonchev–Trinajstić information content (AvgIpc) is 2.63. The molecule has 2 heterocycles. The van der Waals surface area contributed by atoms with Gasteiger partial charge < -0.3 is 9.90 Å². The molecule has 1 fully saturated rings. The topological polar surface area (TPSA) is 60.4 Å². The molecule has 19 heavy (non-hydrogen) atoms. The molecule has 1 amide bonds. The summed E-state index contributed by atoms with van der Waals surface area (Å²) in [5, 5.41) is 11.1. The van der Waals surface area contributed by atoms with Gasteiger partial charge in [-0.15, -0.1) is 11.8 Å². The summed E-state index contributed by atoms with van der Waals surface area (Å²) in [6, 6.07) is 9.62. The van der Waals surface area contributed by atoms with Crippen LogP contribution in [0.4, 0.5) is 0 Å². The molecule has 3 rings (SSSR count). The molecule has 0 aliphatic carbocycles. The van der Waals surface area contributed by atoms with Gasteiger partial charge in [0.2, 0.25) is 5.91 Å². The Bertz CT molecular complexity index is 558. The zero-order chi connectivity index (χ0) is 12.7. The minimum Gasteiger partial charge on any atom is -0.543 e. The Morgan fingerprint density at radius 2 is 2.05 bits per heavy atom. The third kappa shape index (κ3) is 2.60. The Balaban J connectivity index is 0.00000133. The van der Waals surface area contributed by atoms with E-state index in [9.17, 15) is 14.7 Å². The largest absolute Gasteiger partial charge is 1.00 e. The summed E-state index contributed by atoms with van der Waals surface area (Å²) >= 11 is 1.46. The summed E-state index contributed by atoms with van der Waals surface area (Å²) in [5.74, 6) is -1.39. The fourth-order valence-electron chi connectivity index (χ4n) is 2.22. The first-order valence-electron chi connectivity index (χ1n) is 5.64. The van der Waals surface area contributed by atoms with Crippen LogP contribution < -0.4 is 34.7 Å². The summed E-state index contributed by atoms with van der Waals surface area (Å²) in [4.78, 5) is 24.6. The molecule has 0 spiro atoms. The molecule has 0 aromatic heterocycles. The Morgan fingerprint density at radius 3 is 2.63 bits per heavy atom. The van der Waals surface area contributed by atoms with Crippen molar-refractivity contribution in [1.29, 1.82) is 0 Å². The molecule has 0 unspecified atom stereocenters. The van der Waals surface area contributed by atoms with Crippen molar-refractivity contribution in [3.63, 3.8) is 0 Å². The normalized spacial score (nSPS) is 20.7. The third-order valence-electron chi connectivity index (χ3n) is 3.09. The predicted octanol–water partition coefficient (Wildman–Crippen LogP) is -2.50. The molecule has 0 bridgehead atoms. The van der Waals surface area contributed by atoms with Gasteiger partial charge in [0.25, 0.3) is 0 Å². The second-order valence-electron chi connectivity index (χ2n) is 4.26. The number of thioether (sulfide) groups is 1. The molecule has 0 saturated carbocycles. The number of carbonyl (C=O) groups excluding carboxylic acids is 2. The van der Waals surface area contributed by atoms with Gasteiger partial charge in [0.1, 0.15) is 0 Å². The number of rotatable bonds is 3. The summed E-state index contributed by atoms with van der Waals surface area (Å²) in [5.41, 5.74) is 1.10. The number of fused-ring (bicyclic) bond motifs is 1. The molecule has 2 aliphatic rings. The van der Waals surface area contributed by atoms with E-state index in [1.54, 1.807) is 0 Å². The van der Waals surface area contributed by atoms with Gasteiger partial charge in [0.05, 0.1) is 23.5 Å². The zero-order valence-corrected chi connectivity index (χ0v) is 13.3. The summed E-state index contributed by atoms with van der Waals surface area (Å²) < 4.78 is 0. The maximum absolute atomic E-state index is 11.4. The molecule has 4 nitrogen and oxygen atoms in total. The van der Waals surface area contributed by atoms with Crippen LogP contribution in [0.1, 0.15) is 12.0 Å². The molecule has 2 aliphatic heterocycles. The van der Waals surface area contributed by atoms with E-state index < -0.39 is 5.97 Å². The Hall–Kier alpha value is -0.750. The predicted molar refractivity (Wildman–Crippen MR) is 65.0 cm³/mol. The number of carboxylic acids is 1. The number of nitrogens with zero attached hydrogens (tertiary/aromatic N) is 1. The van der Waals surface area contributed by atoms with Crippen LogP contribution >= 0.6 is 11.8 Å². The quantitative estimate of drug-likeness (QED) is 0.454. The van der Waals surface area contributed by atoms with Crippen molar-refractivity contribution in [2.75, 3.05) is 0 Å². The molecule has 0 radical (unpaired) electrons. The monoisotopic (exact) mass is 283 g/mol. The second-order valence-corrected chi connectivity index (χ2v) is 5.53. The van der Waals surface area contributed by atoms with Crippen molar-refractivity contribution in [2.24, 2.45) is 0 Å². The number of carbonyl (C=O) groups is 2. The SMILES string of the molecule is O=C([O-])C1=C(Cc2ccccc2)S[C@H]2CC(=O)N12.[Na+]. The standard InChI is InChI=1S/C13H11NO3S.Na/c15-10-7-11-14(10)12(13(16)17)9(18-11)6-8-4-2-1-3-5-8;/h1-5,11H,6-7H2,(H,16,17);/q;+1/p-1/t11-;/m0./s1. The molecule has 0 N–H and O–H groups in total. The molecular formula is C13H10NNaO3S. The van der Waals surface area contributed by atoms with Crippen molar-refractivity contribution in [2.45, 2.75) is 18.2 Å².